The minimum absolute atomic E-state index is 0.629. The van der Waals surface area contributed by atoms with E-state index in [1.807, 2.05) is 30.3 Å². The zero-order valence-electron chi connectivity index (χ0n) is 9.48. The first-order valence-electron chi connectivity index (χ1n) is 5.90. The van der Waals surface area contributed by atoms with Gasteiger partial charge in [-0.25, -0.2) is 4.98 Å². The number of nitrogens with one attached hydrogen (secondary N) is 1. The van der Waals surface area contributed by atoms with E-state index >= 15 is 0 Å². The monoisotopic (exact) mass is 223 g/mol. The van der Waals surface area contributed by atoms with Gasteiger partial charge in [-0.05, 0) is 30.9 Å². The lowest BCUT2D eigenvalue weighted by Crippen LogP contribution is -2.06. The Morgan fingerprint density at radius 2 is 2.18 bits per heavy atom. The van der Waals surface area contributed by atoms with Gasteiger partial charge < -0.3 is 5.32 Å². The minimum Gasteiger partial charge on any atom is -0.369 e. The van der Waals surface area contributed by atoms with E-state index in [9.17, 15) is 0 Å². The second-order valence-electron chi connectivity index (χ2n) is 4.51. The van der Waals surface area contributed by atoms with Crippen LogP contribution in [0.1, 0.15) is 18.4 Å². The molecule has 1 aromatic heterocycles. The maximum absolute atomic E-state index is 9.13. The van der Waals surface area contributed by atoms with Crippen molar-refractivity contribution in [1.29, 1.82) is 5.26 Å². The highest BCUT2D eigenvalue weighted by molar-refractivity contribution is 5.82. The molecule has 0 unspecified atom stereocenters. The number of nitrogens with zero attached hydrogens (tertiary/aromatic N) is 2. The van der Waals surface area contributed by atoms with Gasteiger partial charge >= 0.3 is 0 Å². The number of para-hydroxylation sites is 1. The van der Waals surface area contributed by atoms with Gasteiger partial charge in [0, 0.05) is 11.9 Å². The normalized spacial score (nSPS) is 14.5. The number of hydrogen-bond acceptors (Lipinski definition) is 3. The maximum atomic E-state index is 9.13. The second kappa shape index (κ2) is 4.06. The fourth-order valence-electron chi connectivity index (χ4n) is 1.90. The zero-order valence-corrected chi connectivity index (χ0v) is 9.48. The fourth-order valence-corrected chi connectivity index (χ4v) is 1.90. The summed E-state index contributed by atoms with van der Waals surface area (Å²) in [4.78, 5) is 4.51. The van der Waals surface area contributed by atoms with E-state index < -0.39 is 0 Å². The summed E-state index contributed by atoms with van der Waals surface area (Å²) in [6, 6.07) is 12.0. The first-order chi connectivity index (χ1) is 8.36. The molecule has 2 aromatic rings. The molecule has 1 aliphatic carbocycles. The second-order valence-corrected chi connectivity index (χ2v) is 4.51. The van der Waals surface area contributed by atoms with Crippen molar-refractivity contribution in [2.75, 3.05) is 11.9 Å². The minimum atomic E-state index is 0.629. The molecule has 0 radical (unpaired) electrons. The zero-order chi connectivity index (χ0) is 11.7. The van der Waals surface area contributed by atoms with E-state index in [-0.39, 0.29) is 0 Å². The van der Waals surface area contributed by atoms with E-state index in [2.05, 4.69) is 16.4 Å². The van der Waals surface area contributed by atoms with Crippen molar-refractivity contribution >= 4 is 16.7 Å². The van der Waals surface area contributed by atoms with Crippen molar-refractivity contribution in [2.45, 2.75) is 12.8 Å². The van der Waals surface area contributed by atoms with Gasteiger partial charge in [-0.15, -0.1) is 0 Å². The van der Waals surface area contributed by atoms with Crippen molar-refractivity contribution in [3.05, 3.63) is 35.9 Å². The molecule has 1 aromatic carbocycles. The number of fused-ring (bicyclic) bond motifs is 1. The van der Waals surface area contributed by atoms with Gasteiger partial charge in [0.15, 0.2) is 0 Å². The molecule has 1 saturated carbocycles. The Labute approximate surface area is 100 Å². The molecule has 3 heteroatoms. The van der Waals surface area contributed by atoms with Crippen molar-refractivity contribution < 1.29 is 0 Å². The molecule has 84 valence electrons. The summed E-state index contributed by atoms with van der Waals surface area (Å²) in [7, 11) is 0. The topological polar surface area (TPSA) is 48.7 Å². The molecule has 1 aliphatic rings. The third-order valence-electron chi connectivity index (χ3n) is 3.10. The SMILES string of the molecule is N#Cc1cc2ccccc2nc1NCC1CC1. The van der Waals surface area contributed by atoms with E-state index in [0.717, 1.165) is 29.2 Å². The Morgan fingerprint density at radius 3 is 2.94 bits per heavy atom. The smallest absolute Gasteiger partial charge is 0.144 e. The molecule has 17 heavy (non-hydrogen) atoms. The van der Waals surface area contributed by atoms with Crippen LogP contribution in [0.2, 0.25) is 0 Å². The molecule has 3 rings (SSSR count). The molecule has 1 fully saturated rings. The van der Waals surface area contributed by atoms with Gasteiger partial charge in [-0.1, -0.05) is 18.2 Å². The Hall–Kier alpha value is -2.08. The van der Waals surface area contributed by atoms with Crippen LogP contribution in [0.15, 0.2) is 30.3 Å². The van der Waals surface area contributed by atoms with Crippen LogP contribution in [0.3, 0.4) is 0 Å². The summed E-state index contributed by atoms with van der Waals surface area (Å²) in [6.07, 6.45) is 2.59. The van der Waals surface area contributed by atoms with Gasteiger partial charge in [0.25, 0.3) is 0 Å². The lowest BCUT2D eigenvalue weighted by molar-refractivity contribution is 0.883. The highest BCUT2D eigenvalue weighted by Crippen LogP contribution is 2.29. The number of rotatable bonds is 3. The highest BCUT2D eigenvalue weighted by Gasteiger charge is 2.21. The number of pyridine rings is 1. The van der Waals surface area contributed by atoms with E-state index in [0.29, 0.717) is 5.56 Å². The first-order valence-corrected chi connectivity index (χ1v) is 5.90. The van der Waals surface area contributed by atoms with Crippen LogP contribution in [-0.2, 0) is 0 Å². The summed E-state index contributed by atoms with van der Waals surface area (Å²) in [5.41, 5.74) is 1.56. The molecule has 0 spiro atoms. The van der Waals surface area contributed by atoms with Crippen molar-refractivity contribution in [3.63, 3.8) is 0 Å². The predicted octanol–water partition coefficient (Wildman–Crippen LogP) is 2.93. The molecular formula is C14H13N3. The fraction of sp³-hybridized carbons (Fsp3) is 0.286. The Bertz CT molecular complexity index is 594. The van der Waals surface area contributed by atoms with Crippen LogP contribution >= 0.6 is 0 Å². The van der Waals surface area contributed by atoms with E-state index in [1.165, 1.54) is 12.8 Å². The Morgan fingerprint density at radius 1 is 1.35 bits per heavy atom. The number of benzene rings is 1. The summed E-state index contributed by atoms with van der Waals surface area (Å²) < 4.78 is 0. The third-order valence-corrected chi connectivity index (χ3v) is 3.10. The summed E-state index contributed by atoms with van der Waals surface area (Å²) in [5, 5.41) is 13.4. The molecule has 0 atom stereocenters. The van der Waals surface area contributed by atoms with Gasteiger partial charge in [0.2, 0.25) is 0 Å². The largest absolute Gasteiger partial charge is 0.369 e. The van der Waals surface area contributed by atoms with Crippen LogP contribution in [0.4, 0.5) is 5.82 Å². The van der Waals surface area contributed by atoms with Crippen LogP contribution in [-0.4, -0.2) is 11.5 Å². The molecule has 0 bridgehead atoms. The molecular weight excluding hydrogens is 210 g/mol. The molecule has 0 aliphatic heterocycles. The molecule has 1 heterocycles. The number of hydrogen-bond donors (Lipinski definition) is 1. The Kier molecular flexibility index (Phi) is 2.41. The number of aromatic nitrogens is 1. The average molecular weight is 223 g/mol. The van der Waals surface area contributed by atoms with Gasteiger partial charge in [0.1, 0.15) is 11.9 Å². The highest BCUT2D eigenvalue weighted by atomic mass is 15.0. The number of anilines is 1. The lowest BCUT2D eigenvalue weighted by atomic mass is 10.1. The van der Waals surface area contributed by atoms with Crippen LogP contribution in [0, 0.1) is 17.2 Å². The van der Waals surface area contributed by atoms with Crippen molar-refractivity contribution in [3.8, 4) is 6.07 Å². The van der Waals surface area contributed by atoms with Crippen LogP contribution < -0.4 is 5.32 Å². The summed E-state index contributed by atoms with van der Waals surface area (Å²) >= 11 is 0. The van der Waals surface area contributed by atoms with Crippen LogP contribution in [0.5, 0.6) is 0 Å². The average Bonchev–Trinajstić information content (AvgIpc) is 3.19. The summed E-state index contributed by atoms with van der Waals surface area (Å²) in [5.74, 6) is 1.49. The van der Waals surface area contributed by atoms with Crippen molar-refractivity contribution in [1.82, 2.24) is 4.98 Å². The van der Waals surface area contributed by atoms with Gasteiger partial charge in [-0.2, -0.15) is 5.26 Å². The molecule has 1 N–H and O–H groups in total. The molecule has 0 amide bonds. The maximum Gasteiger partial charge on any atom is 0.144 e. The van der Waals surface area contributed by atoms with Crippen molar-refractivity contribution in [2.24, 2.45) is 5.92 Å². The molecule has 0 saturated heterocycles. The standard InChI is InChI=1S/C14H13N3/c15-8-12-7-11-3-1-2-4-13(11)17-14(12)16-9-10-5-6-10/h1-4,7,10H,5-6,9H2,(H,16,17). The van der Waals surface area contributed by atoms with Gasteiger partial charge in [0.05, 0.1) is 11.1 Å². The predicted molar refractivity (Wildman–Crippen MR) is 67.7 cm³/mol. The van der Waals surface area contributed by atoms with E-state index in [4.69, 9.17) is 5.26 Å². The lowest BCUT2D eigenvalue weighted by Gasteiger charge is -2.07. The third kappa shape index (κ3) is 2.07. The number of nitriles is 1. The molecule has 3 nitrogen and oxygen atoms in total. The van der Waals surface area contributed by atoms with Crippen LogP contribution in [0.25, 0.3) is 10.9 Å². The summed E-state index contributed by atoms with van der Waals surface area (Å²) in [6.45, 7) is 0.931. The van der Waals surface area contributed by atoms with E-state index in [1.54, 1.807) is 0 Å². The van der Waals surface area contributed by atoms with Gasteiger partial charge in [-0.3, -0.25) is 0 Å². The Balaban J connectivity index is 1.99. The quantitative estimate of drug-likeness (QED) is 0.870. The first kappa shape index (κ1) is 10.1.